The van der Waals surface area contributed by atoms with E-state index in [-0.39, 0.29) is 11.5 Å². The average Bonchev–Trinajstić information content (AvgIpc) is 2.26. The van der Waals surface area contributed by atoms with Crippen molar-refractivity contribution < 1.29 is 14.3 Å². The van der Waals surface area contributed by atoms with E-state index >= 15 is 0 Å². The van der Waals surface area contributed by atoms with Crippen LogP contribution < -0.4 is 0 Å². The van der Waals surface area contributed by atoms with Gasteiger partial charge in [0.2, 0.25) is 0 Å². The van der Waals surface area contributed by atoms with E-state index in [4.69, 9.17) is 5.11 Å². The van der Waals surface area contributed by atoms with Gasteiger partial charge in [-0.2, -0.15) is 0 Å². The minimum Gasteiger partial charge on any atom is -0.477 e. The van der Waals surface area contributed by atoms with Gasteiger partial charge in [-0.25, -0.2) is 9.18 Å². The molecule has 1 aromatic carbocycles. The minimum absolute atomic E-state index is 0.0845. The Morgan fingerprint density at radius 2 is 2.00 bits per heavy atom. The molecule has 4 heteroatoms. The summed E-state index contributed by atoms with van der Waals surface area (Å²) < 4.78 is 12.9. The molecular formula is C13H14FNO2. The Balaban J connectivity index is 3.05. The molecule has 0 saturated carbocycles. The molecule has 1 N–H and O–H groups in total. The zero-order valence-electron chi connectivity index (χ0n) is 9.83. The molecule has 0 heterocycles. The zero-order chi connectivity index (χ0) is 13.2. The normalized spacial score (nSPS) is 9.82. The first kappa shape index (κ1) is 13.0. The van der Waals surface area contributed by atoms with Crippen LogP contribution in [0.3, 0.4) is 0 Å². The van der Waals surface area contributed by atoms with Crippen molar-refractivity contribution in [3.63, 3.8) is 0 Å². The fraction of sp³-hybridized carbons (Fsp3) is 0.154. The Bertz CT molecular complexity index is 494. The first-order valence-corrected chi connectivity index (χ1v) is 4.96. The molecule has 17 heavy (non-hydrogen) atoms. The van der Waals surface area contributed by atoms with Gasteiger partial charge in [0, 0.05) is 18.3 Å². The fourth-order valence-electron chi connectivity index (χ4n) is 1.44. The van der Waals surface area contributed by atoms with Crippen LogP contribution in [0, 0.1) is 12.7 Å². The third-order valence-corrected chi connectivity index (χ3v) is 2.56. The number of likely N-dealkylation sites (N-methyl/N-ethyl adjacent to an activating group) is 1. The quantitative estimate of drug-likeness (QED) is 0.815. The number of rotatable bonds is 4. The van der Waals surface area contributed by atoms with Crippen LogP contribution >= 0.6 is 0 Å². The van der Waals surface area contributed by atoms with E-state index < -0.39 is 5.97 Å². The summed E-state index contributed by atoms with van der Waals surface area (Å²) in [6.45, 7) is 8.97. The van der Waals surface area contributed by atoms with Gasteiger partial charge in [-0.05, 0) is 30.7 Å². The summed E-state index contributed by atoms with van der Waals surface area (Å²) in [4.78, 5) is 12.1. The first-order valence-electron chi connectivity index (χ1n) is 4.96. The molecule has 0 radical (unpaired) electrons. The molecule has 0 fully saturated rings. The third-order valence-electron chi connectivity index (χ3n) is 2.56. The molecule has 0 aromatic heterocycles. The van der Waals surface area contributed by atoms with E-state index in [2.05, 4.69) is 13.2 Å². The molecule has 0 bridgehead atoms. The fourth-order valence-corrected chi connectivity index (χ4v) is 1.44. The Labute approximate surface area is 99.5 Å². The highest BCUT2D eigenvalue weighted by Gasteiger charge is 2.15. The smallest absolute Gasteiger partial charge is 0.351 e. The second-order valence-electron chi connectivity index (χ2n) is 3.72. The lowest BCUT2D eigenvalue weighted by Gasteiger charge is -2.22. The maximum absolute atomic E-state index is 12.9. The Hall–Kier alpha value is -2.10. The van der Waals surface area contributed by atoms with Crippen LogP contribution in [-0.2, 0) is 4.79 Å². The Morgan fingerprint density at radius 1 is 1.41 bits per heavy atom. The van der Waals surface area contributed by atoms with Crippen LogP contribution in [-0.4, -0.2) is 23.0 Å². The monoisotopic (exact) mass is 235 g/mol. The molecule has 0 saturated heterocycles. The van der Waals surface area contributed by atoms with Crippen LogP contribution in [0.5, 0.6) is 0 Å². The molecule has 90 valence electrons. The molecule has 0 amide bonds. The molecule has 0 aliphatic heterocycles. The van der Waals surface area contributed by atoms with E-state index in [1.807, 2.05) is 0 Å². The van der Waals surface area contributed by atoms with Crippen LogP contribution in [0.15, 0.2) is 37.1 Å². The lowest BCUT2D eigenvalue weighted by molar-refractivity contribution is -0.133. The molecule has 1 aromatic rings. The largest absolute Gasteiger partial charge is 0.477 e. The molecular weight excluding hydrogens is 221 g/mol. The second kappa shape index (κ2) is 4.82. The molecule has 0 unspecified atom stereocenters. The van der Waals surface area contributed by atoms with Crippen molar-refractivity contribution in [2.45, 2.75) is 6.92 Å². The van der Waals surface area contributed by atoms with Gasteiger partial charge in [-0.15, -0.1) is 0 Å². The number of carboxylic acids is 1. The lowest BCUT2D eigenvalue weighted by Crippen LogP contribution is -2.21. The van der Waals surface area contributed by atoms with Crippen LogP contribution in [0.25, 0.3) is 5.70 Å². The van der Waals surface area contributed by atoms with Gasteiger partial charge >= 0.3 is 5.97 Å². The van der Waals surface area contributed by atoms with Crippen molar-refractivity contribution >= 4 is 11.7 Å². The summed E-state index contributed by atoms with van der Waals surface area (Å²) in [6, 6.07) is 4.25. The van der Waals surface area contributed by atoms with E-state index in [1.54, 1.807) is 20.0 Å². The second-order valence-corrected chi connectivity index (χ2v) is 3.72. The highest BCUT2D eigenvalue weighted by molar-refractivity contribution is 5.87. The SMILES string of the molecule is C=C(C(=O)O)N(C)C(=C)c1ccc(F)cc1C. The number of hydrogen-bond acceptors (Lipinski definition) is 2. The van der Waals surface area contributed by atoms with Gasteiger partial charge in [-0.3, -0.25) is 0 Å². The summed E-state index contributed by atoms with van der Waals surface area (Å²) in [5.41, 5.74) is 1.77. The van der Waals surface area contributed by atoms with Crippen molar-refractivity contribution in [2.75, 3.05) is 7.05 Å². The van der Waals surface area contributed by atoms with Crippen LogP contribution in [0.1, 0.15) is 11.1 Å². The minimum atomic E-state index is -1.12. The Morgan fingerprint density at radius 3 is 2.47 bits per heavy atom. The highest BCUT2D eigenvalue weighted by atomic mass is 19.1. The van der Waals surface area contributed by atoms with Gasteiger partial charge in [0.25, 0.3) is 0 Å². The van der Waals surface area contributed by atoms with E-state index in [1.165, 1.54) is 17.0 Å². The Kier molecular flexibility index (Phi) is 3.68. The predicted octanol–water partition coefficient (Wildman–Crippen LogP) is 2.63. The standard InChI is InChI=1S/C13H14FNO2/c1-8-7-11(14)5-6-12(8)9(2)15(4)10(3)13(16)17/h5-7H,2-3H2,1,4H3,(H,16,17). The zero-order valence-corrected chi connectivity index (χ0v) is 9.83. The maximum Gasteiger partial charge on any atom is 0.351 e. The number of carboxylic acid groups (broad SMARTS) is 1. The highest BCUT2D eigenvalue weighted by Crippen LogP contribution is 2.23. The summed E-state index contributed by atoms with van der Waals surface area (Å²) in [6.07, 6.45) is 0. The van der Waals surface area contributed by atoms with Crippen molar-refractivity contribution in [3.8, 4) is 0 Å². The summed E-state index contributed by atoms with van der Waals surface area (Å²) >= 11 is 0. The topological polar surface area (TPSA) is 40.5 Å². The number of aliphatic carboxylic acids is 1. The van der Waals surface area contributed by atoms with Gasteiger partial charge in [0.1, 0.15) is 11.5 Å². The van der Waals surface area contributed by atoms with Crippen molar-refractivity contribution in [1.29, 1.82) is 0 Å². The molecule has 0 atom stereocenters. The number of benzene rings is 1. The van der Waals surface area contributed by atoms with E-state index in [0.29, 0.717) is 16.8 Å². The molecule has 0 spiro atoms. The molecule has 3 nitrogen and oxygen atoms in total. The van der Waals surface area contributed by atoms with Crippen molar-refractivity contribution in [3.05, 3.63) is 54.0 Å². The number of nitrogens with zero attached hydrogens (tertiary/aromatic N) is 1. The number of halogens is 1. The molecule has 1 rings (SSSR count). The van der Waals surface area contributed by atoms with Gasteiger partial charge in [0.05, 0.1) is 0 Å². The summed E-state index contributed by atoms with van der Waals surface area (Å²) in [7, 11) is 1.56. The van der Waals surface area contributed by atoms with Gasteiger partial charge < -0.3 is 10.0 Å². The van der Waals surface area contributed by atoms with Gasteiger partial charge in [-0.1, -0.05) is 13.2 Å². The number of hydrogen-bond donors (Lipinski definition) is 1. The molecule has 0 aliphatic rings. The van der Waals surface area contributed by atoms with Crippen molar-refractivity contribution in [2.24, 2.45) is 0 Å². The van der Waals surface area contributed by atoms with Gasteiger partial charge in [0.15, 0.2) is 0 Å². The average molecular weight is 235 g/mol. The van der Waals surface area contributed by atoms with E-state index in [0.717, 1.165) is 0 Å². The molecule has 0 aliphatic carbocycles. The predicted molar refractivity (Wildman–Crippen MR) is 64.7 cm³/mol. The maximum atomic E-state index is 12.9. The van der Waals surface area contributed by atoms with Crippen LogP contribution in [0.2, 0.25) is 0 Å². The van der Waals surface area contributed by atoms with Crippen molar-refractivity contribution in [1.82, 2.24) is 4.90 Å². The summed E-state index contributed by atoms with van der Waals surface area (Å²) in [5.74, 6) is -1.45. The third kappa shape index (κ3) is 2.72. The lowest BCUT2D eigenvalue weighted by atomic mass is 10.1. The van der Waals surface area contributed by atoms with E-state index in [9.17, 15) is 9.18 Å². The first-order chi connectivity index (χ1) is 7.84. The number of carbonyl (C=O) groups is 1. The summed E-state index contributed by atoms with van der Waals surface area (Å²) in [5, 5.41) is 8.82. The number of aryl methyl sites for hydroxylation is 1. The van der Waals surface area contributed by atoms with Crippen LogP contribution in [0.4, 0.5) is 4.39 Å².